The molecule has 10 heteroatoms. The first-order valence-electron chi connectivity index (χ1n) is 8.26. The van der Waals surface area contributed by atoms with Gasteiger partial charge in [0.1, 0.15) is 11.8 Å². The first kappa shape index (κ1) is 22.4. The predicted octanol–water partition coefficient (Wildman–Crippen LogP) is -1.92. The van der Waals surface area contributed by atoms with Crippen LogP contribution in [-0.4, -0.2) is 68.5 Å². The Morgan fingerprint density at radius 2 is 1.44 bits per heavy atom. The van der Waals surface area contributed by atoms with E-state index in [2.05, 4.69) is 10.6 Å². The Hall–Kier alpha value is -2.69. The van der Waals surface area contributed by atoms with Gasteiger partial charge in [0.05, 0.1) is 18.2 Å². The molecule has 0 aromatic heterocycles. The normalized spacial score (nSPS) is 16.5. The summed E-state index contributed by atoms with van der Waals surface area (Å²) in [6.45, 7) is 2.43. The van der Waals surface area contributed by atoms with Gasteiger partial charge >= 0.3 is 5.97 Å². The first-order chi connectivity index (χ1) is 12.5. The summed E-state index contributed by atoms with van der Waals surface area (Å²) in [5.74, 6) is -3.09. The Kier molecular flexibility index (Phi) is 8.16. The largest absolute Gasteiger partial charge is 0.508 e. The summed E-state index contributed by atoms with van der Waals surface area (Å²) >= 11 is 0. The molecular weight excluding hydrogens is 358 g/mol. The van der Waals surface area contributed by atoms with Gasteiger partial charge in [-0.2, -0.15) is 0 Å². The van der Waals surface area contributed by atoms with Crippen molar-refractivity contribution in [2.75, 3.05) is 0 Å². The minimum atomic E-state index is -1.60. The van der Waals surface area contributed by atoms with Gasteiger partial charge in [-0.25, -0.2) is 4.79 Å². The maximum absolute atomic E-state index is 12.2. The number of aliphatic hydroxyl groups excluding tert-OH is 2. The molecule has 2 amide bonds. The van der Waals surface area contributed by atoms with Gasteiger partial charge in [0.15, 0.2) is 6.04 Å². The van der Waals surface area contributed by atoms with E-state index in [1.165, 1.54) is 26.0 Å². The van der Waals surface area contributed by atoms with Gasteiger partial charge in [0.2, 0.25) is 11.8 Å². The molecule has 27 heavy (non-hydrogen) atoms. The van der Waals surface area contributed by atoms with Crippen LogP contribution in [0.2, 0.25) is 0 Å². The molecular formula is C17H25N3O7. The lowest BCUT2D eigenvalue weighted by molar-refractivity contribution is -0.145. The maximum Gasteiger partial charge on any atom is 0.328 e. The zero-order valence-electron chi connectivity index (χ0n) is 15.0. The number of carboxylic acids is 1. The third-order valence-corrected chi connectivity index (χ3v) is 3.84. The lowest BCUT2D eigenvalue weighted by Gasteiger charge is -2.25. The van der Waals surface area contributed by atoms with Gasteiger partial charge < -0.3 is 36.8 Å². The van der Waals surface area contributed by atoms with E-state index in [1.54, 1.807) is 12.1 Å². The SMILES string of the molecule is C[C@@H](O)[C@H](NC(=O)[C@@H](NC(=O)[C@@H](N)Cc1ccc(O)cc1)[C@@H](C)O)C(=O)O. The van der Waals surface area contributed by atoms with Crippen molar-refractivity contribution in [3.63, 3.8) is 0 Å². The molecule has 0 aliphatic rings. The highest BCUT2D eigenvalue weighted by molar-refractivity contribution is 5.92. The van der Waals surface area contributed by atoms with Crippen molar-refractivity contribution in [1.29, 1.82) is 0 Å². The lowest BCUT2D eigenvalue weighted by atomic mass is 10.0. The Morgan fingerprint density at radius 3 is 1.89 bits per heavy atom. The predicted molar refractivity (Wildman–Crippen MR) is 94.6 cm³/mol. The van der Waals surface area contributed by atoms with Crippen molar-refractivity contribution in [2.45, 2.75) is 50.6 Å². The van der Waals surface area contributed by atoms with Crippen molar-refractivity contribution in [3.05, 3.63) is 29.8 Å². The fourth-order valence-electron chi connectivity index (χ4n) is 2.28. The van der Waals surface area contributed by atoms with Crippen LogP contribution in [0.4, 0.5) is 0 Å². The highest BCUT2D eigenvalue weighted by atomic mass is 16.4. The minimum Gasteiger partial charge on any atom is -0.508 e. The second kappa shape index (κ2) is 9.86. The number of carbonyl (C=O) groups is 3. The molecule has 0 unspecified atom stereocenters. The molecule has 0 heterocycles. The van der Waals surface area contributed by atoms with Gasteiger partial charge in [0.25, 0.3) is 0 Å². The van der Waals surface area contributed by atoms with Crippen molar-refractivity contribution in [2.24, 2.45) is 5.73 Å². The summed E-state index contributed by atoms with van der Waals surface area (Å²) in [4.78, 5) is 35.5. The van der Waals surface area contributed by atoms with Crippen LogP contribution in [0.1, 0.15) is 19.4 Å². The molecule has 1 aromatic carbocycles. The number of hydrogen-bond donors (Lipinski definition) is 7. The molecule has 10 nitrogen and oxygen atoms in total. The molecule has 0 bridgehead atoms. The number of amides is 2. The van der Waals surface area contributed by atoms with Crippen LogP contribution in [0.3, 0.4) is 0 Å². The third-order valence-electron chi connectivity index (χ3n) is 3.84. The number of carboxylic acid groups (broad SMARTS) is 1. The lowest BCUT2D eigenvalue weighted by Crippen LogP contribution is -2.59. The molecule has 0 fully saturated rings. The van der Waals surface area contributed by atoms with Crippen molar-refractivity contribution in [3.8, 4) is 5.75 Å². The van der Waals surface area contributed by atoms with Crippen LogP contribution in [-0.2, 0) is 20.8 Å². The Labute approximate surface area is 156 Å². The Balaban J connectivity index is 2.76. The summed E-state index contributed by atoms with van der Waals surface area (Å²) in [6.07, 6.45) is -2.60. The second-order valence-electron chi connectivity index (χ2n) is 6.27. The number of rotatable bonds is 9. The quantitative estimate of drug-likeness (QED) is 0.257. The van der Waals surface area contributed by atoms with E-state index in [0.717, 1.165) is 0 Å². The van der Waals surface area contributed by atoms with Crippen molar-refractivity contribution >= 4 is 17.8 Å². The Bertz CT molecular complexity index is 661. The van der Waals surface area contributed by atoms with Gasteiger partial charge in [-0.1, -0.05) is 12.1 Å². The smallest absolute Gasteiger partial charge is 0.328 e. The number of hydrogen-bond acceptors (Lipinski definition) is 7. The number of nitrogens with two attached hydrogens (primary N) is 1. The summed E-state index contributed by atoms with van der Waals surface area (Å²) in [5, 5.41) is 41.8. The molecule has 0 saturated heterocycles. The van der Waals surface area contributed by atoms with Crippen LogP contribution < -0.4 is 16.4 Å². The highest BCUT2D eigenvalue weighted by Gasteiger charge is 2.32. The number of phenols is 1. The number of benzene rings is 1. The number of aliphatic hydroxyl groups is 2. The summed E-state index contributed by atoms with van der Waals surface area (Å²) in [7, 11) is 0. The van der Waals surface area contributed by atoms with E-state index in [1.807, 2.05) is 0 Å². The third kappa shape index (κ3) is 6.85. The molecule has 0 radical (unpaired) electrons. The molecule has 0 aliphatic heterocycles. The van der Waals surface area contributed by atoms with Gasteiger partial charge in [-0.15, -0.1) is 0 Å². The Morgan fingerprint density at radius 1 is 0.963 bits per heavy atom. The fourth-order valence-corrected chi connectivity index (χ4v) is 2.28. The average Bonchev–Trinajstić information content (AvgIpc) is 2.58. The monoisotopic (exact) mass is 383 g/mol. The van der Waals surface area contributed by atoms with Crippen LogP contribution in [0.5, 0.6) is 5.75 Å². The number of nitrogens with one attached hydrogen (secondary N) is 2. The standard InChI is InChI=1S/C17H25N3O7/c1-8(21)13(16(25)20-14(9(2)22)17(26)27)19-15(24)12(18)7-10-3-5-11(23)6-4-10/h3-6,8-9,12-14,21-23H,7,18H2,1-2H3,(H,19,24)(H,20,25)(H,26,27)/t8-,9-,12+,13+,14+/m1/s1. The zero-order chi connectivity index (χ0) is 20.7. The van der Waals surface area contributed by atoms with Crippen LogP contribution >= 0.6 is 0 Å². The summed E-state index contributed by atoms with van der Waals surface area (Å²) in [5.41, 5.74) is 6.49. The number of aliphatic carboxylic acids is 1. The molecule has 1 aromatic rings. The molecule has 0 spiro atoms. The zero-order valence-corrected chi connectivity index (χ0v) is 15.0. The molecule has 0 aliphatic carbocycles. The number of phenolic OH excluding ortho intramolecular Hbond substituents is 1. The highest BCUT2D eigenvalue weighted by Crippen LogP contribution is 2.11. The molecule has 1 rings (SSSR count). The maximum atomic E-state index is 12.2. The van der Waals surface area contributed by atoms with E-state index in [0.29, 0.717) is 5.56 Å². The van der Waals surface area contributed by atoms with E-state index >= 15 is 0 Å². The van der Waals surface area contributed by atoms with Gasteiger partial charge in [-0.05, 0) is 38.0 Å². The van der Waals surface area contributed by atoms with Gasteiger partial charge in [-0.3, -0.25) is 9.59 Å². The van der Waals surface area contributed by atoms with Crippen LogP contribution in [0, 0.1) is 0 Å². The number of carbonyl (C=O) groups excluding carboxylic acids is 2. The minimum absolute atomic E-state index is 0.0636. The molecule has 0 saturated carbocycles. The molecule has 150 valence electrons. The average molecular weight is 383 g/mol. The summed E-state index contributed by atoms with van der Waals surface area (Å²) < 4.78 is 0. The molecule has 8 N–H and O–H groups in total. The van der Waals surface area contributed by atoms with Crippen molar-refractivity contribution < 1.29 is 34.8 Å². The van der Waals surface area contributed by atoms with E-state index in [4.69, 9.17) is 10.8 Å². The molecule has 5 atom stereocenters. The topological polar surface area (TPSA) is 182 Å². The van der Waals surface area contributed by atoms with E-state index in [-0.39, 0.29) is 12.2 Å². The van der Waals surface area contributed by atoms with Crippen LogP contribution in [0.25, 0.3) is 0 Å². The number of aromatic hydroxyl groups is 1. The summed E-state index contributed by atoms with van der Waals surface area (Å²) in [6, 6.07) is 1.95. The van der Waals surface area contributed by atoms with Crippen LogP contribution in [0.15, 0.2) is 24.3 Å². The first-order valence-corrected chi connectivity index (χ1v) is 8.26. The van der Waals surface area contributed by atoms with E-state index < -0.39 is 48.1 Å². The second-order valence-corrected chi connectivity index (χ2v) is 6.27. The van der Waals surface area contributed by atoms with Gasteiger partial charge in [0, 0.05) is 0 Å². The van der Waals surface area contributed by atoms with Crippen molar-refractivity contribution in [1.82, 2.24) is 10.6 Å². The fraction of sp³-hybridized carbons (Fsp3) is 0.471. The van der Waals surface area contributed by atoms with E-state index in [9.17, 15) is 29.7 Å².